The summed E-state index contributed by atoms with van der Waals surface area (Å²) in [5.74, 6) is 1.04. The molecule has 17 heavy (non-hydrogen) atoms. The van der Waals surface area contributed by atoms with Gasteiger partial charge in [0, 0.05) is 6.42 Å². The highest BCUT2D eigenvalue weighted by atomic mass is 16.4. The zero-order chi connectivity index (χ0) is 13.2. The Morgan fingerprint density at radius 1 is 1.29 bits per heavy atom. The minimum absolute atomic E-state index is 0.00751. The fourth-order valence-electron chi connectivity index (χ4n) is 1.97. The molecular weight excluding hydrogens is 218 g/mol. The molecule has 0 aliphatic rings. The van der Waals surface area contributed by atoms with Crippen molar-refractivity contribution in [2.24, 2.45) is 11.8 Å². The summed E-state index contributed by atoms with van der Waals surface area (Å²) in [6, 6.07) is -0.584. The van der Waals surface area contributed by atoms with Gasteiger partial charge in [-0.3, -0.25) is 0 Å². The molecule has 5 heteroatoms. The van der Waals surface area contributed by atoms with E-state index in [1.165, 1.54) is 0 Å². The lowest BCUT2D eigenvalue weighted by Gasteiger charge is -2.21. The molecule has 0 saturated heterocycles. The fraction of sp³-hybridized carbons (Fsp3) is 0.750. The minimum Gasteiger partial charge on any atom is -0.480 e. The van der Waals surface area contributed by atoms with Gasteiger partial charge in [0.25, 0.3) is 0 Å². The molecule has 0 radical (unpaired) electrons. The molecule has 0 aliphatic heterocycles. The number of carbonyl (C=O) groups is 1. The second kappa shape index (κ2) is 5.29. The van der Waals surface area contributed by atoms with Crippen LogP contribution >= 0.6 is 0 Å². The number of aliphatic carboxylic acids is 1. The van der Waals surface area contributed by atoms with Crippen LogP contribution in [0.4, 0.5) is 0 Å². The van der Waals surface area contributed by atoms with Crippen LogP contribution in [-0.4, -0.2) is 25.8 Å². The summed E-state index contributed by atoms with van der Waals surface area (Å²) >= 11 is 0. The van der Waals surface area contributed by atoms with E-state index in [2.05, 4.69) is 24.0 Å². The predicted molar refractivity (Wildman–Crippen MR) is 64.8 cm³/mol. The van der Waals surface area contributed by atoms with Gasteiger partial charge in [0.1, 0.15) is 17.7 Å². The largest absolute Gasteiger partial charge is 0.480 e. The van der Waals surface area contributed by atoms with Crippen molar-refractivity contribution in [3.63, 3.8) is 0 Å². The molecule has 96 valence electrons. The molecule has 5 nitrogen and oxygen atoms in total. The summed E-state index contributed by atoms with van der Waals surface area (Å²) in [6.45, 7) is 9.77. The van der Waals surface area contributed by atoms with E-state index >= 15 is 0 Å². The van der Waals surface area contributed by atoms with Crippen LogP contribution in [0.3, 0.4) is 0 Å². The number of nitrogens with zero attached hydrogens (tertiary/aromatic N) is 3. The van der Waals surface area contributed by atoms with Gasteiger partial charge >= 0.3 is 5.97 Å². The van der Waals surface area contributed by atoms with E-state index in [0.29, 0.717) is 11.7 Å². The molecule has 1 heterocycles. The Morgan fingerprint density at radius 2 is 1.88 bits per heavy atom. The lowest BCUT2D eigenvalue weighted by molar-refractivity contribution is -0.142. The molecular formula is C12H21N3O2. The highest BCUT2D eigenvalue weighted by Gasteiger charge is 2.28. The monoisotopic (exact) mass is 239 g/mol. The Balaban J connectivity index is 3.17. The van der Waals surface area contributed by atoms with Crippen molar-refractivity contribution >= 4 is 5.97 Å². The maximum atomic E-state index is 11.4. The Labute approximate surface area is 102 Å². The van der Waals surface area contributed by atoms with E-state index in [4.69, 9.17) is 0 Å². The first-order chi connectivity index (χ1) is 7.84. The number of aromatic nitrogens is 3. The SMILES string of the molecule is Cc1nnc(CC(C)C)n1C(C(=O)O)C(C)C. The fourth-order valence-corrected chi connectivity index (χ4v) is 1.97. The molecule has 0 bridgehead atoms. The molecule has 0 saturated carbocycles. The molecule has 0 aliphatic carbocycles. The second-order valence-corrected chi connectivity index (χ2v) is 5.16. The van der Waals surface area contributed by atoms with Crippen molar-refractivity contribution in [2.75, 3.05) is 0 Å². The average molecular weight is 239 g/mol. The molecule has 1 N–H and O–H groups in total. The van der Waals surface area contributed by atoms with Crippen molar-refractivity contribution in [1.82, 2.24) is 14.8 Å². The summed E-state index contributed by atoms with van der Waals surface area (Å²) < 4.78 is 1.76. The molecule has 0 fully saturated rings. The van der Waals surface area contributed by atoms with Crippen LogP contribution in [0.25, 0.3) is 0 Å². The standard InChI is InChI=1S/C12H21N3O2/c1-7(2)6-10-14-13-9(5)15(10)11(8(3)4)12(16)17/h7-8,11H,6H2,1-5H3,(H,16,17). The van der Waals surface area contributed by atoms with E-state index < -0.39 is 12.0 Å². The third-order valence-corrected chi connectivity index (χ3v) is 2.69. The highest BCUT2D eigenvalue weighted by Crippen LogP contribution is 2.22. The Kier molecular flexibility index (Phi) is 4.26. The maximum absolute atomic E-state index is 11.4. The van der Waals surface area contributed by atoms with Crippen molar-refractivity contribution in [2.45, 2.75) is 47.1 Å². The van der Waals surface area contributed by atoms with Gasteiger partial charge in [-0.2, -0.15) is 0 Å². The van der Waals surface area contributed by atoms with Gasteiger partial charge in [0.15, 0.2) is 0 Å². The summed E-state index contributed by atoms with van der Waals surface area (Å²) in [4.78, 5) is 11.4. The number of hydrogen-bond acceptors (Lipinski definition) is 3. The average Bonchev–Trinajstić information content (AvgIpc) is 2.48. The summed E-state index contributed by atoms with van der Waals surface area (Å²) in [7, 11) is 0. The van der Waals surface area contributed by atoms with Gasteiger partial charge in [0.2, 0.25) is 0 Å². The van der Waals surface area contributed by atoms with Gasteiger partial charge < -0.3 is 9.67 Å². The van der Waals surface area contributed by atoms with Crippen LogP contribution in [0.15, 0.2) is 0 Å². The number of rotatable bonds is 5. The molecule has 0 aromatic carbocycles. The number of carboxylic acids is 1. The summed E-state index contributed by atoms with van der Waals surface area (Å²) in [6.07, 6.45) is 0.747. The first kappa shape index (κ1) is 13.7. The van der Waals surface area contributed by atoms with E-state index in [9.17, 15) is 9.90 Å². The molecule has 0 spiro atoms. The Bertz CT molecular complexity index is 396. The van der Waals surface area contributed by atoms with E-state index in [-0.39, 0.29) is 5.92 Å². The van der Waals surface area contributed by atoms with Gasteiger partial charge in [-0.25, -0.2) is 4.79 Å². The number of aryl methyl sites for hydroxylation is 1. The quantitative estimate of drug-likeness (QED) is 0.854. The first-order valence-electron chi connectivity index (χ1n) is 5.97. The maximum Gasteiger partial charge on any atom is 0.327 e. The minimum atomic E-state index is -0.826. The van der Waals surface area contributed by atoms with Crippen molar-refractivity contribution < 1.29 is 9.90 Å². The third-order valence-electron chi connectivity index (χ3n) is 2.69. The van der Waals surface area contributed by atoms with E-state index in [1.54, 1.807) is 11.5 Å². The van der Waals surface area contributed by atoms with Crippen molar-refractivity contribution in [3.8, 4) is 0 Å². The summed E-state index contributed by atoms with van der Waals surface area (Å²) in [5, 5.41) is 17.4. The van der Waals surface area contributed by atoms with Gasteiger partial charge in [-0.15, -0.1) is 10.2 Å². The van der Waals surface area contributed by atoms with Crippen LogP contribution in [-0.2, 0) is 11.2 Å². The van der Waals surface area contributed by atoms with Gasteiger partial charge in [-0.05, 0) is 18.8 Å². The smallest absolute Gasteiger partial charge is 0.327 e. The van der Waals surface area contributed by atoms with Crippen LogP contribution in [0.1, 0.15) is 45.4 Å². The second-order valence-electron chi connectivity index (χ2n) is 5.16. The number of carboxylic acid groups (broad SMARTS) is 1. The summed E-state index contributed by atoms with van der Waals surface area (Å²) in [5.41, 5.74) is 0. The highest BCUT2D eigenvalue weighted by molar-refractivity contribution is 5.72. The van der Waals surface area contributed by atoms with Gasteiger partial charge in [-0.1, -0.05) is 27.7 Å². The first-order valence-corrected chi connectivity index (χ1v) is 5.97. The molecule has 1 atom stereocenters. The Morgan fingerprint density at radius 3 is 2.29 bits per heavy atom. The zero-order valence-electron chi connectivity index (χ0n) is 11.1. The topological polar surface area (TPSA) is 68.0 Å². The van der Waals surface area contributed by atoms with Crippen LogP contribution in [0, 0.1) is 18.8 Å². The van der Waals surface area contributed by atoms with Crippen molar-refractivity contribution in [1.29, 1.82) is 0 Å². The van der Waals surface area contributed by atoms with Crippen molar-refractivity contribution in [3.05, 3.63) is 11.6 Å². The lowest BCUT2D eigenvalue weighted by atomic mass is 10.0. The molecule has 1 unspecified atom stereocenters. The van der Waals surface area contributed by atoms with Crippen LogP contribution in [0.5, 0.6) is 0 Å². The zero-order valence-corrected chi connectivity index (χ0v) is 11.1. The van der Waals surface area contributed by atoms with Gasteiger partial charge in [0.05, 0.1) is 0 Å². The predicted octanol–water partition coefficient (Wildman–Crippen LogP) is 2.07. The normalized spacial score (nSPS) is 13.4. The lowest BCUT2D eigenvalue weighted by Crippen LogP contribution is -2.27. The van der Waals surface area contributed by atoms with Crippen LogP contribution in [0.2, 0.25) is 0 Å². The third kappa shape index (κ3) is 3.05. The molecule has 0 amide bonds. The van der Waals surface area contributed by atoms with Crippen LogP contribution < -0.4 is 0 Å². The number of hydrogen-bond donors (Lipinski definition) is 1. The van der Waals surface area contributed by atoms with E-state index in [1.807, 2.05) is 13.8 Å². The molecule has 1 rings (SSSR count). The Hall–Kier alpha value is -1.39. The molecule has 1 aromatic rings. The molecule has 1 aromatic heterocycles. The van der Waals surface area contributed by atoms with E-state index in [0.717, 1.165) is 12.2 Å².